The molecule has 2 rings (SSSR count). The monoisotopic (exact) mass is 419 g/mol. The molecule has 0 saturated carbocycles. The number of hydrogen-bond donors (Lipinski definition) is 4. The van der Waals surface area contributed by atoms with Crippen LogP contribution in [0.5, 0.6) is 0 Å². The van der Waals surface area contributed by atoms with Gasteiger partial charge in [0.2, 0.25) is 0 Å². The SMILES string of the molecule is Cc1cc(CNCCCC[C@@H](Nc2cc(C)c(F)c(C)c2)C(=O)NO)cc(C)c1F. The number of nitrogens with one attached hydrogen (secondary N) is 3. The molecule has 0 fully saturated rings. The van der Waals surface area contributed by atoms with E-state index in [4.69, 9.17) is 5.21 Å². The summed E-state index contributed by atoms with van der Waals surface area (Å²) in [7, 11) is 0. The predicted molar refractivity (Wildman–Crippen MR) is 115 cm³/mol. The van der Waals surface area contributed by atoms with Crippen molar-refractivity contribution in [3.8, 4) is 0 Å². The largest absolute Gasteiger partial charge is 0.374 e. The molecule has 0 aliphatic carbocycles. The van der Waals surface area contributed by atoms with E-state index in [-0.39, 0.29) is 11.6 Å². The number of benzene rings is 2. The molecule has 0 aliphatic rings. The maximum atomic E-state index is 13.8. The summed E-state index contributed by atoms with van der Waals surface area (Å²) in [6.45, 7) is 8.26. The van der Waals surface area contributed by atoms with Gasteiger partial charge in [-0.15, -0.1) is 0 Å². The van der Waals surface area contributed by atoms with Crippen molar-refractivity contribution in [1.82, 2.24) is 10.8 Å². The molecule has 0 radical (unpaired) electrons. The Hall–Kier alpha value is -2.51. The van der Waals surface area contributed by atoms with Crippen molar-refractivity contribution in [3.05, 3.63) is 63.7 Å². The highest BCUT2D eigenvalue weighted by Crippen LogP contribution is 2.20. The van der Waals surface area contributed by atoms with Gasteiger partial charge in [-0.3, -0.25) is 10.0 Å². The molecule has 0 saturated heterocycles. The normalized spacial score (nSPS) is 12.0. The van der Waals surface area contributed by atoms with Crippen LogP contribution in [0.3, 0.4) is 0 Å². The van der Waals surface area contributed by atoms with E-state index in [9.17, 15) is 13.6 Å². The molecule has 0 spiro atoms. The van der Waals surface area contributed by atoms with Crippen LogP contribution in [-0.4, -0.2) is 23.7 Å². The van der Waals surface area contributed by atoms with E-state index >= 15 is 0 Å². The zero-order chi connectivity index (χ0) is 22.3. The average molecular weight is 420 g/mol. The van der Waals surface area contributed by atoms with Crippen molar-refractivity contribution in [2.24, 2.45) is 0 Å². The Labute approximate surface area is 176 Å². The molecular formula is C23H31F2N3O2. The third-order valence-electron chi connectivity index (χ3n) is 5.13. The first-order valence-corrected chi connectivity index (χ1v) is 10.2. The number of halogens is 2. The lowest BCUT2D eigenvalue weighted by Gasteiger charge is -2.19. The van der Waals surface area contributed by atoms with Crippen molar-refractivity contribution in [1.29, 1.82) is 0 Å². The molecular weight excluding hydrogens is 388 g/mol. The lowest BCUT2D eigenvalue weighted by molar-refractivity contribution is -0.130. The van der Waals surface area contributed by atoms with Gasteiger partial charge in [-0.1, -0.05) is 12.1 Å². The Bertz CT molecular complexity index is 841. The van der Waals surface area contributed by atoms with E-state index < -0.39 is 11.9 Å². The highest BCUT2D eigenvalue weighted by atomic mass is 19.1. The fourth-order valence-corrected chi connectivity index (χ4v) is 3.55. The zero-order valence-corrected chi connectivity index (χ0v) is 18.0. The second-order valence-electron chi connectivity index (χ2n) is 7.81. The molecule has 164 valence electrons. The standard InChI is InChI=1S/C23H31F2N3O2/c1-14-9-18(10-15(2)21(14)24)13-26-8-6-5-7-20(23(29)28-30)27-19-11-16(3)22(25)17(4)12-19/h9-12,20,26-27,30H,5-8,13H2,1-4H3,(H,28,29)/t20-/m1/s1. The Balaban J connectivity index is 1.82. The van der Waals surface area contributed by atoms with E-state index in [0.29, 0.717) is 40.9 Å². The number of anilines is 1. The Morgan fingerprint density at radius 3 is 2.00 bits per heavy atom. The summed E-state index contributed by atoms with van der Waals surface area (Å²) < 4.78 is 27.5. The third-order valence-corrected chi connectivity index (χ3v) is 5.13. The Morgan fingerprint density at radius 1 is 0.933 bits per heavy atom. The summed E-state index contributed by atoms with van der Waals surface area (Å²) in [5.41, 5.74) is 5.64. The van der Waals surface area contributed by atoms with Crippen LogP contribution in [0.25, 0.3) is 0 Å². The number of carbonyl (C=O) groups is 1. The number of amides is 1. The average Bonchev–Trinajstić information content (AvgIpc) is 2.70. The fraction of sp³-hybridized carbons (Fsp3) is 0.435. The van der Waals surface area contributed by atoms with Gasteiger partial charge in [0, 0.05) is 12.2 Å². The van der Waals surface area contributed by atoms with Crippen molar-refractivity contribution in [3.63, 3.8) is 0 Å². The van der Waals surface area contributed by atoms with Crippen molar-refractivity contribution in [2.75, 3.05) is 11.9 Å². The summed E-state index contributed by atoms with van der Waals surface area (Å²) in [6, 6.07) is 6.35. The highest BCUT2D eigenvalue weighted by molar-refractivity contribution is 5.83. The summed E-state index contributed by atoms with van der Waals surface area (Å²) in [4.78, 5) is 12.0. The minimum Gasteiger partial charge on any atom is -0.374 e. The fourth-order valence-electron chi connectivity index (χ4n) is 3.55. The first-order valence-electron chi connectivity index (χ1n) is 10.2. The molecule has 4 N–H and O–H groups in total. The Morgan fingerprint density at radius 2 is 1.47 bits per heavy atom. The van der Waals surface area contributed by atoms with Crippen LogP contribution in [0.15, 0.2) is 24.3 Å². The lowest BCUT2D eigenvalue weighted by Crippen LogP contribution is -2.38. The van der Waals surface area contributed by atoms with E-state index in [0.717, 1.165) is 24.9 Å². The van der Waals surface area contributed by atoms with E-state index in [1.54, 1.807) is 45.3 Å². The maximum Gasteiger partial charge on any atom is 0.265 e. The molecule has 0 heterocycles. The molecule has 0 unspecified atom stereocenters. The van der Waals surface area contributed by atoms with E-state index in [1.807, 2.05) is 12.1 Å². The van der Waals surface area contributed by atoms with Gasteiger partial charge >= 0.3 is 0 Å². The molecule has 2 aromatic carbocycles. The van der Waals surface area contributed by atoms with Gasteiger partial charge in [0.1, 0.15) is 17.7 Å². The van der Waals surface area contributed by atoms with Gasteiger partial charge in [-0.2, -0.15) is 0 Å². The van der Waals surface area contributed by atoms with Gasteiger partial charge in [0.15, 0.2) is 0 Å². The van der Waals surface area contributed by atoms with Gasteiger partial charge in [0.25, 0.3) is 5.91 Å². The smallest absolute Gasteiger partial charge is 0.265 e. The van der Waals surface area contributed by atoms with Gasteiger partial charge in [-0.25, -0.2) is 14.3 Å². The van der Waals surface area contributed by atoms with Crippen molar-refractivity contribution >= 4 is 11.6 Å². The molecule has 5 nitrogen and oxygen atoms in total. The maximum absolute atomic E-state index is 13.8. The molecule has 1 amide bonds. The highest BCUT2D eigenvalue weighted by Gasteiger charge is 2.18. The first kappa shape index (κ1) is 23.8. The van der Waals surface area contributed by atoms with Crippen LogP contribution >= 0.6 is 0 Å². The first-order chi connectivity index (χ1) is 14.2. The van der Waals surface area contributed by atoms with E-state index in [1.165, 1.54) is 0 Å². The zero-order valence-electron chi connectivity index (χ0n) is 18.0. The van der Waals surface area contributed by atoms with Gasteiger partial charge < -0.3 is 10.6 Å². The van der Waals surface area contributed by atoms with Crippen LogP contribution in [0, 0.1) is 39.3 Å². The summed E-state index contributed by atoms with van der Waals surface area (Å²) in [6.07, 6.45) is 2.09. The quantitative estimate of drug-likeness (QED) is 0.261. The topological polar surface area (TPSA) is 73.4 Å². The van der Waals surface area contributed by atoms with Crippen LogP contribution in [-0.2, 0) is 11.3 Å². The second-order valence-corrected chi connectivity index (χ2v) is 7.81. The van der Waals surface area contributed by atoms with Gasteiger partial charge in [0.05, 0.1) is 0 Å². The number of hydrogen-bond acceptors (Lipinski definition) is 4. The second kappa shape index (κ2) is 11.0. The molecule has 1 atom stereocenters. The van der Waals surface area contributed by atoms with Crippen LogP contribution in [0.2, 0.25) is 0 Å². The summed E-state index contributed by atoms with van der Waals surface area (Å²) in [5, 5.41) is 15.4. The number of aryl methyl sites for hydroxylation is 4. The molecule has 0 aliphatic heterocycles. The Kier molecular flexibility index (Phi) is 8.74. The number of unbranched alkanes of at least 4 members (excludes halogenated alkanes) is 1. The molecule has 0 bridgehead atoms. The number of carbonyl (C=O) groups excluding carboxylic acids is 1. The summed E-state index contributed by atoms with van der Waals surface area (Å²) in [5.74, 6) is -0.952. The van der Waals surface area contributed by atoms with E-state index in [2.05, 4.69) is 10.6 Å². The molecule has 0 aromatic heterocycles. The van der Waals surface area contributed by atoms with Crippen molar-refractivity contribution < 1.29 is 18.8 Å². The lowest BCUT2D eigenvalue weighted by atomic mass is 10.1. The minimum absolute atomic E-state index is 0.161. The molecule has 30 heavy (non-hydrogen) atoms. The third kappa shape index (κ3) is 6.50. The number of hydroxylamine groups is 1. The van der Waals surface area contributed by atoms with Crippen LogP contribution < -0.4 is 16.1 Å². The molecule has 7 heteroatoms. The number of rotatable bonds is 10. The summed E-state index contributed by atoms with van der Waals surface area (Å²) >= 11 is 0. The van der Waals surface area contributed by atoms with Crippen LogP contribution in [0.1, 0.15) is 47.1 Å². The minimum atomic E-state index is -0.623. The molecule has 2 aromatic rings. The van der Waals surface area contributed by atoms with Crippen LogP contribution in [0.4, 0.5) is 14.5 Å². The van der Waals surface area contributed by atoms with Crippen molar-refractivity contribution in [2.45, 2.75) is 59.5 Å². The van der Waals surface area contributed by atoms with Gasteiger partial charge in [-0.05, 0) is 93.5 Å². The predicted octanol–water partition coefficient (Wildman–Crippen LogP) is 4.44.